The Hall–Kier alpha value is -0.320. The van der Waals surface area contributed by atoms with Crippen LogP contribution in [0.2, 0.25) is 0 Å². The molecule has 2 saturated heterocycles. The van der Waals surface area contributed by atoms with Gasteiger partial charge in [0.15, 0.2) is 0 Å². The zero-order valence-corrected chi connectivity index (χ0v) is 14.4. The van der Waals surface area contributed by atoms with Crippen molar-refractivity contribution in [2.24, 2.45) is 0 Å². The lowest BCUT2D eigenvalue weighted by molar-refractivity contribution is -0.186. The number of aliphatic hydroxyl groups is 6. The highest BCUT2D eigenvalue weighted by molar-refractivity contribution is 5.27. The van der Waals surface area contributed by atoms with Crippen LogP contribution in [0.25, 0.3) is 0 Å². The lowest BCUT2D eigenvalue weighted by atomic mass is 9.69. The lowest BCUT2D eigenvalue weighted by Crippen LogP contribution is -2.65. The van der Waals surface area contributed by atoms with Gasteiger partial charge >= 0.3 is 0 Å². The number of ether oxygens (including phenoxy) is 2. The molecule has 8 unspecified atom stereocenters. The molecule has 6 N–H and O–H groups in total. The van der Waals surface area contributed by atoms with Crippen molar-refractivity contribution in [3.8, 4) is 0 Å². The fourth-order valence-corrected chi connectivity index (χ4v) is 3.93. The molecule has 24 heavy (non-hydrogen) atoms. The molecule has 3 rings (SSSR count). The Kier molecular flexibility index (Phi) is 3.93. The van der Waals surface area contributed by atoms with Crippen molar-refractivity contribution in [3.63, 3.8) is 0 Å². The summed E-state index contributed by atoms with van der Waals surface area (Å²) in [4.78, 5) is 0. The molecule has 2 heterocycles. The average molecular weight is 348 g/mol. The van der Waals surface area contributed by atoms with Crippen LogP contribution in [0.1, 0.15) is 40.5 Å². The van der Waals surface area contributed by atoms with E-state index in [1.807, 2.05) is 0 Å². The first kappa shape index (κ1) is 18.5. The Bertz CT molecular complexity index is 511. The Morgan fingerprint density at radius 1 is 1.08 bits per heavy atom. The standard InChI is InChI=1S/C16H28O8/c1-13(2,20)7(17)5-16-10(19)9(18)15(22)6-8(14(3,4)21)23-11(15)12(16)24-16/h7-12,17-22H,5-6H2,1-4H3. The molecule has 0 bridgehead atoms. The number of hydrogen-bond acceptors (Lipinski definition) is 8. The molecule has 0 aromatic rings. The van der Waals surface area contributed by atoms with Gasteiger partial charge in [0.2, 0.25) is 0 Å². The van der Waals surface area contributed by atoms with Gasteiger partial charge in [0.05, 0.1) is 23.4 Å². The van der Waals surface area contributed by atoms with Gasteiger partial charge in [0, 0.05) is 12.8 Å². The molecule has 1 aliphatic carbocycles. The second-order valence-electron chi connectivity index (χ2n) is 8.65. The lowest BCUT2D eigenvalue weighted by Gasteiger charge is -2.42. The summed E-state index contributed by atoms with van der Waals surface area (Å²) in [5.74, 6) is 0. The highest BCUT2D eigenvalue weighted by atomic mass is 16.7. The Morgan fingerprint density at radius 3 is 2.17 bits per heavy atom. The molecule has 0 aromatic heterocycles. The highest BCUT2D eigenvalue weighted by Gasteiger charge is 2.78. The van der Waals surface area contributed by atoms with E-state index in [9.17, 15) is 30.6 Å². The van der Waals surface area contributed by atoms with Gasteiger partial charge in [-0.15, -0.1) is 0 Å². The van der Waals surface area contributed by atoms with Crippen LogP contribution in [0.5, 0.6) is 0 Å². The van der Waals surface area contributed by atoms with E-state index in [1.165, 1.54) is 13.8 Å². The third-order valence-electron chi connectivity index (χ3n) is 5.79. The van der Waals surface area contributed by atoms with Gasteiger partial charge in [0.1, 0.15) is 35.6 Å². The molecule has 0 aromatic carbocycles. The van der Waals surface area contributed by atoms with Crippen molar-refractivity contribution in [1.82, 2.24) is 0 Å². The number of rotatable bonds is 4. The predicted molar refractivity (Wildman–Crippen MR) is 81.1 cm³/mol. The molecule has 140 valence electrons. The molecular weight excluding hydrogens is 320 g/mol. The summed E-state index contributed by atoms with van der Waals surface area (Å²) >= 11 is 0. The van der Waals surface area contributed by atoms with Gasteiger partial charge in [-0.05, 0) is 27.7 Å². The molecule has 1 saturated carbocycles. The van der Waals surface area contributed by atoms with Gasteiger partial charge < -0.3 is 40.1 Å². The first-order valence-corrected chi connectivity index (χ1v) is 8.28. The summed E-state index contributed by atoms with van der Waals surface area (Å²) in [6, 6.07) is 0. The molecule has 8 nitrogen and oxygen atoms in total. The number of hydrogen-bond donors (Lipinski definition) is 6. The summed E-state index contributed by atoms with van der Waals surface area (Å²) in [5.41, 5.74) is -5.67. The normalized spacial score (nSPS) is 49.5. The summed E-state index contributed by atoms with van der Waals surface area (Å²) < 4.78 is 11.4. The zero-order valence-electron chi connectivity index (χ0n) is 14.4. The smallest absolute Gasteiger partial charge is 0.129 e. The minimum Gasteiger partial charge on any atom is -0.390 e. The van der Waals surface area contributed by atoms with Crippen LogP contribution in [0.3, 0.4) is 0 Å². The quantitative estimate of drug-likeness (QED) is 0.322. The zero-order chi connectivity index (χ0) is 18.3. The van der Waals surface area contributed by atoms with Gasteiger partial charge in [0.25, 0.3) is 0 Å². The molecule has 2 aliphatic heterocycles. The van der Waals surface area contributed by atoms with E-state index in [4.69, 9.17) is 9.47 Å². The fourth-order valence-electron chi connectivity index (χ4n) is 3.93. The van der Waals surface area contributed by atoms with E-state index in [0.29, 0.717) is 0 Å². The molecule has 8 atom stereocenters. The van der Waals surface area contributed by atoms with Crippen molar-refractivity contribution in [1.29, 1.82) is 0 Å². The maximum absolute atomic E-state index is 10.9. The van der Waals surface area contributed by atoms with Crippen LogP contribution < -0.4 is 0 Å². The topological polar surface area (TPSA) is 143 Å². The van der Waals surface area contributed by atoms with Gasteiger partial charge in [-0.25, -0.2) is 0 Å². The highest BCUT2D eigenvalue weighted by Crippen LogP contribution is 2.59. The van der Waals surface area contributed by atoms with Crippen LogP contribution in [0.15, 0.2) is 0 Å². The molecule has 3 aliphatic rings. The average Bonchev–Trinajstić information content (AvgIpc) is 3.01. The molecule has 8 heteroatoms. The maximum Gasteiger partial charge on any atom is 0.129 e. The van der Waals surface area contributed by atoms with Crippen molar-refractivity contribution in [3.05, 3.63) is 0 Å². The minimum absolute atomic E-state index is 0.0383. The van der Waals surface area contributed by atoms with E-state index in [0.717, 1.165) is 0 Å². The summed E-state index contributed by atoms with van der Waals surface area (Å²) in [6.07, 6.45) is -6.72. The predicted octanol–water partition coefficient (Wildman–Crippen LogP) is -1.96. The largest absolute Gasteiger partial charge is 0.390 e. The van der Waals surface area contributed by atoms with Crippen molar-refractivity contribution >= 4 is 0 Å². The van der Waals surface area contributed by atoms with Crippen molar-refractivity contribution < 1.29 is 40.1 Å². The van der Waals surface area contributed by atoms with E-state index in [2.05, 4.69) is 0 Å². The summed E-state index contributed by atoms with van der Waals surface area (Å²) in [5, 5.41) is 62.1. The Morgan fingerprint density at radius 2 is 1.67 bits per heavy atom. The van der Waals surface area contributed by atoms with Crippen LogP contribution in [0.4, 0.5) is 0 Å². The fraction of sp³-hybridized carbons (Fsp3) is 1.00. The molecule has 0 spiro atoms. The van der Waals surface area contributed by atoms with E-state index in [1.54, 1.807) is 13.8 Å². The summed E-state index contributed by atoms with van der Waals surface area (Å²) in [6.45, 7) is 5.95. The molecule has 3 fully saturated rings. The number of aliphatic hydroxyl groups excluding tert-OH is 3. The molecule has 0 radical (unpaired) electrons. The van der Waals surface area contributed by atoms with Crippen LogP contribution in [-0.4, -0.2) is 89.7 Å². The maximum atomic E-state index is 10.9. The van der Waals surface area contributed by atoms with Crippen LogP contribution in [0, 0.1) is 0 Å². The third-order valence-corrected chi connectivity index (χ3v) is 5.79. The van der Waals surface area contributed by atoms with Gasteiger partial charge in [-0.1, -0.05) is 0 Å². The monoisotopic (exact) mass is 348 g/mol. The Balaban J connectivity index is 1.86. The third kappa shape index (κ3) is 2.52. The second kappa shape index (κ2) is 5.11. The summed E-state index contributed by atoms with van der Waals surface area (Å²) in [7, 11) is 0. The van der Waals surface area contributed by atoms with E-state index in [-0.39, 0.29) is 12.8 Å². The number of epoxide rings is 1. The van der Waals surface area contributed by atoms with E-state index < -0.39 is 59.0 Å². The Labute approximate surface area is 140 Å². The van der Waals surface area contributed by atoms with Crippen molar-refractivity contribution in [2.45, 2.75) is 99.6 Å². The first-order valence-electron chi connectivity index (χ1n) is 8.28. The second-order valence-corrected chi connectivity index (χ2v) is 8.65. The van der Waals surface area contributed by atoms with Crippen molar-refractivity contribution in [2.75, 3.05) is 0 Å². The SMILES string of the molecule is CC(C)(O)C(O)CC12OC1C1OC(C(C)(C)O)CC1(O)C(O)C2O. The van der Waals surface area contributed by atoms with Gasteiger partial charge in [-0.3, -0.25) is 0 Å². The van der Waals surface area contributed by atoms with Crippen LogP contribution >= 0.6 is 0 Å². The molecular formula is C16H28O8. The number of fused-ring (bicyclic) bond motifs is 3. The van der Waals surface area contributed by atoms with Crippen LogP contribution in [-0.2, 0) is 9.47 Å². The van der Waals surface area contributed by atoms with E-state index >= 15 is 0 Å². The molecule has 0 amide bonds. The van der Waals surface area contributed by atoms with Gasteiger partial charge in [-0.2, -0.15) is 0 Å². The first-order chi connectivity index (χ1) is 10.7. The minimum atomic E-state index is -1.74.